The monoisotopic (exact) mass is 210 g/mol. The van der Waals surface area contributed by atoms with Gasteiger partial charge in [-0.2, -0.15) is 0 Å². The molecule has 1 N–H and O–H groups in total. The van der Waals surface area contributed by atoms with Gasteiger partial charge in [-0.15, -0.1) is 6.58 Å². The van der Waals surface area contributed by atoms with E-state index in [1.807, 2.05) is 6.08 Å². The quantitative estimate of drug-likeness (QED) is 0.674. The molecule has 0 radical (unpaired) electrons. The molecule has 4 unspecified atom stereocenters. The lowest BCUT2D eigenvalue weighted by atomic mass is 9.73. The molecule has 1 saturated heterocycles. The van der Waals surface area contributed by atoms with Crippen molar-refractivity contribution in [2.45, 2.75) is 63.3 Å². The van der Waals surface area contributed by atoms with Crippen molar-refractivity contribution in [2.24, 2.45) is 5.92 Å². The fourth-order valence-electron chi connectivity index (χ4n) is 3.31. The molecule has 2 heteroatoms. The molecule has 4 atom stereocenters. The Morgan fingerprint density at radius 3 is 2.93 bits per heavy atom. The molecule has 0 aromatic carbocycles. The molecule has 2 fully saturated rings. The van der Waals surface area contributed by atoms with Gasteiger partial charge in [0, 0.05) is 6.42 Å². The highest BCUT2D eigenvalue weighted by atomic mass is 16.5. The molecule has 0 aromatic rings. The summed E-state index contributed by atoms with van der Waals surface area (Å²) in [6.45, 7) is 6.03. The van der Waals surface area contributed by atoms with Crippen molar-refractivity contribution in [1.82, 2.24) is 0 Å². The molecule has 1 heterocycles. The number of aliphatic hydroxyl groups excluding tert-OH is 1. The van der Waals surface area contributed by atoms with E-state index >= 15 is 0 Å². The van der Waals surface area contributed by atoms with E-state index < -0.39 is 0 Å². The van der Waals surface area contributed by atoms with Crippen LogP contribution in [0.4, 0.5) is 0 Å². The van der Waals surface area contributed by atoms with Gasteiger partial charge < -0.3 is 9.84 Å². The van der Waals surface area contributed by atoms with Gasteiger partial charge in [-0.05, 0) is 38.0 Å². The van der Waals surface area contributed by atoms with Gasteiger partial charge in [0.2, 0.25) is 0 Å². The van der Waals surface area contributed by atoms with Crippen LogP contribution in [-0.4, -0.2) is 22.9 Å². The van der Waals surface area contributed by atoms with Gasteiger partial charge in [0.1, 0.15) is 0 Å². The average molecular weight is 210 g/mol. The Bertz CT molecular complexity index is 227. The summed E-state index contributed by atoms with van der Waals surface area (Å²) in [4.78, 5) is 0. The lowest BCUT2D eigenvalue weighted by Gasteiger charge is -2.46. The third-order valence-electron chi connectivity index (χ3n) is 3.79. The molecule has 2 aliphatic rings. The number of rotatable bonds is 1. The average Bonchev–Trinajstić information content (AvgIpc) is 2.15. The number of hydrogen-bond acceptors (Lipinski definition) is 2. The maximum Gasteiger partial charge on any atom is 0.0760 e. The fourth-order valence-corrected chi connectivity index (χ4v) is 3.31. The summed E-state index contributed by atoms with van der Waals surface area (Å²) in [5.41, 5.74) is -0.0474. The summed E-state index contributed by atoms with van der Waals surface area (Å²) in [5, 5.41) is 9.85. The molecule has 2 rings (SSSR count). The zero-order valence-electron chi connectivity index (χ0n) is 9.61. The predicted octanol–water partition coefficient (Wildman–Crippen LogP) is 2.66. The van der Waals surface area contributed by atoms with Crippen LogP contribution < -0.4 is 0 Å². The summed E-state index contributed by atoms with van der Waals surface area (Å²) in [7, 11) is 0. The third-order valence-corrected chi connectivity index (χ3v) is 3.79. The van der Waals surface area contributed by atoms with Gasteiger partial charge >= 0.3 is 0 Å². The van der Waals surface area contributed by atoms with E-state index in [1.54, 1.807) is 0 Å². The largest absolute Gasteiger partial charge is 0.393 e. The summed E-state index contributed by atoms with van der Waals surface area (Å²) < 4.78 is 6.13. The first-order valence-electron chi connectivity index (χ1n) is 6.12. The van der Waals surface area contributed by atoms with Crippen LogP contribution in [0.5, 0.6) is 0 Å². The van der Waals surface area contributed by atoms with Crippen LogP contribution in [0.2, 0.25) is 0 Å². The molecule has 1 spiro atoms. The molecule has 1 saturated carbocycles. The van der Waals surface area contributed by atoms with E-state index in [1.165, 1.54) is 6.42 Å². The highest BCUT2D eigenvalue weighted by Gasteiger charge is 2.42. The van der Waals surface area contributed by atoms with Crippen LogP contribution in [0.25, 0.3) is 0 Å². The molecular weight excluding hydrogens is 188 g/mol. The normalized spacial score (nSPS) is 46.7. The standard InChI is InChI=1S/C13H22O2/c1-3-12-5-4-6-13(15-12)8-10(2)7-11(14)9-13/h3,10-12,14H,1,4-9H2,2H3. The second-order valence-electron chi connectivity index (χ2n) is 5.37. The molecule has 0 bridgehead atoms. The van der Waals surface area contributed by atoms with Gasteiger partial charge in [0.15, 0.2) is 0 Å². The van der Waals surface area contributed by atoms with Crippen molar-refractivity contribution < 1.29 is 9.84 Å². The fraction of sp³-hybridized carbons (Fsp3) is 0.846. The molecule has 1 aliphatic heterocycles. The zero-order chi connectivity index (χ0) is 10.9. The summed E-state index contributed by atoms with van der Waals surface area (Å²) in [6, 6.07) is 0. The minimum atomic E-state index is -0.169. The van der Waals surface area contributed by atoms with Crippen molar-refractivity contribution >= 4 is 0 Å². The Morgan fingerprint density at radius 2 is 2.27 bits per heavy atom. The topological polar surface area (TPSA) is 29.5 Å². The van der Waals surface area contributed by atoms with Gasteiger partial charge in [0.05, 0.1) is 17.8 Å². The van der Waals surface area contributed by atoms with Gasteiger partial charge in [-0.1, -0.05) is 13.0 Å². The molecular formula is C13H22O2. The SMILES string of the molecule is C=CC1CCCC2(CC(C)CC(O)C2)O1. The molecule has 15 heavy (non-hydrogen) atoms. The third kappa shape index (κ3) is 2.43. The minimum Gasteiger partial charge on any atom is -0.393 e. The van der Waals surface area contributed by atoms with Gasteiger partial charge in [-0.25, -0.2) is 0 Å². The van der Waals surface area contributed by atoms with Gasteiger partial charge in [0.25, 0.3) is 0 Å². The highest BCUT2D eigenvalue weighted by Crippen LogP contribution is 2.42. The van der Waals surface area contributed by atoms with E-state index in [0.29, 0.717) is 5.92 Å². The lowest BCUT2D eigenvalue weighted by molar-refractivity contribution is -0.157. The van der Waals surface area contributed by atoms with E-state index in [-0.39, 0.29) is 17.8 Å². The molecule has 86 valence electrons. The zero-order valence-corrected chi connectivity index (χ0v) is 9.61. The Morgan fingerprint density at radius 1 is 1.47 bits per heavy atom. The second kappa shape index (κ2) is 4.26. The molecule has 0 aromatic heterocycles. The summed E-state index contributed by atoms with van der Waals surface area (Å²) >= 11 is 0. The Hall–Kier alpha value is -0.340. The van der Waals surface area contributed by atoms with Crippen molar-refractivity contribution in [1.29, 1.82) is 0 Å². The smallest absolute Gasteiger partial charge is 0.0760 e. The van der Waals surface area contributed by atoms with Gasteiger partial charge in [-0.3, -0.25) is 0 Å². The van der Waals surface area contributed by atoms with Crippen LogP contribution in [0, 0.1) is 5.92 Å². The minimum absolute atomic E-state index is 0.0474. The highest BCUT2D eigenvalue weighted by molar-refractivity contribution is 4.97. The maximum absolute atomic E-state index is 9.85. The van der Waals surface area contributed by atoms with Crippen LogP contribution in [-0.2, 0) is 4.74 Å². The van der Waals surface area contributed by atoms with Crippen molar-refractivity contribution in [3.63, 3.8) is 0 Å². The van der Waals surface area contributed by atoms with Crippen molar-refractivity contribution in [3.05, 3.63) is 12.7 Å². The van der Waals surface area contributed by atoms with Crippen molar-refractivity contribution in [3.8, 4) is 0 Å². The Labute approximate surface area is 92.3 Å². The number of aliphatic hydroxyl groups is 1. The van der Waals surface area contributed by atoms with Crippen LogP contribution in [0.15, 0.2) is 12.7 Å². The molecule has 2 nitrogen and oxygen atoms in total. The Balaban J connectivity index is 2.07. The predicted molar refractivity (Wildman–Crippen MR) is 60.7 cm³/mol. The molecule has 1 aliphatic carbocycles. The van der Waals surface area contributed by atoms with E-state index in [4.69, 9.17) is 4.74 Å². The van der Waals surface area contributed by atoms with E-state index in [0.717, 1.165) is 32.1 Å². The van der Waals surface area contributed by atoms with Crippen LogP contribution in [0.3, 0.4) is 0 Å². The number of ether oxygens (including phenoxy) is 1. The van der Waals surface area contributed by atoms with E-state index in [2.05, 4.69) is 13.5 Å². The first-order chi connectivity index (χ1) is 7.13. The summed E-state index contributed by atoms with van der Waals surface area (Å²) in [5.74, 6) is 0.581. The first-order valence-corrected chi connectivity index (χ1v) is 6.12. The first kappa shape index (κ1) is 11.2. The molecule has 0 amide bonds. The van der Waals surface area contributed by atoms with Crippen molar-refractivity contribution in [2.75, 3.05) is 0 Å². The van der Waals surface area contributed by atoms with Crippen LogP contribution >= 0.6 is 0 Å². The second-order valence-corrected chi connectivity index (χ2v) is 5.37. The maximum atomic E-state index is 9.85. The lowest BCUT2D eigenvalue weighted by Crippen LogP contribution is -2.47. The number of hydrogen-bond donors (Lipinski definition) is 1. The summed E-state index contributed by atoms with van der Waals surface area (Å²) in [6.07, 6.45) is 8.21. The Kier molecular flexibility index (Phi) is 3.17. The van der Waals surface area contributed by atoms with E-state index in [9.17, 15) is 5.11 Å². The van der Waals surface area contributed by atoms with Crippen LogP contribution in [0.1, 0.15) is 45.4 Å².